The smallest absolute Gasteiger partial charge is 0.239 e. The number of likely N-dealkylation sites (N-methyl/N-ethyl adjacent to an activating group) is 1. The first-order valence-corrected chi connectivity index (χ1v) is 6.93. The molecule has 1 unspecified atom stereocenters. The number of nitrogens with zero attached hydrogens (tertiary/aromatic N) is 1. The van der Waals surface area contributed by atoms with Crippen molar-refractivity contribution >= 4 is 5.91 Å². The molecule has 0 saturated heterocycles. The van der Waals surface area contributed by atoms with Crippen LogP contribution in [0.1, 0.15) is 33.3 Å². The van der Waals surface area contributed by atoms with Crippen molar-refractivity contribution < 1.29 is 9.90 Å². The van der Waals surface area contributed by atoms with Gasteiger partial charge in [0.1, 0.15) is 5.75 Å². The zero-order valence-corrected chi connectivity index (χ0v) is 13.1. The molecule has 0 radical (unpaired) electrons. The molecule has 0 spiro atoms. The van der Waals surface area contributed by atoms with Crippen LogP contribution >= 0.6 is 0 Å². The van der Waals surface area contributed by atoms with Crippen molar-refractivity contribution in [2.75, 3.05) is 7.05 Å². The maximum absolute atomic E-state index is 12.4. The summed E-state index contributed by atoms with van der Waals surface area (Å²) < 4.78 is 0. The van der Waals surface area contributed by atoms with Gasteiger partial charge in [0, 0.05) is 13.1 Å². The lowest BCUT2D eigenvalue weighted by molar-refractivity contribution is -0.135. The van der Waals surface area contributed by atoms with Gasteiger partial charge in [-0.2, -0.15) is 0 Å². The Balaban J connectivity index is 2.69. The monoisotopic (exact) mass is 278 g/mol. The minimum absolute atomic E-state index is 0.0165. The van der Waals surface area contributed by atoms with Crippen LogP contribution in [0.4, 0.5) is 0 Å². The lowest BCUT2D eigenvalue weighted by Crippen LogP contribution is -2.50. The van der Waals surface area contributed by atoms with Gasteiger partial charge >= 0.3 is 0 Å². The van der Waals surface area contributed by atoms with E-state index >= 15 is 0 Å². The fourth-order valence-electron chi connectivity index (χ4n) is 2.01. The molecule has 3 N–H and O–H groups in total. The number of hydrogen-bond acceptors (Lipinski definition) is 3. The molecule has 1 aromatic carbocycles. The van der Waals surface area contributed by atoms with Crippen molar-refractivity contribution in [3.05, 3.63) is 29.8 Å². The Morgan fingerprint density at radius 1 is 1.30 bits per heavy atom. The molecule has 1 aromatic rings. The van der Waals surface area contributed by atoms with Crippen molar-refractivity contribution in [2.45, 2.75) is 46.2 Å². The van der Waals surface area contributed by atoms with E-state index in [2.05, 4.69) is 20.8 Å². The summed E-state index contributed by atoms with van der Waals surface area (Å²) in [7, 11) is 1.80. The minimum Gasteiger partial charge on any atom is -0.508 e. The van der Waals surface area contributed by atoms with Crippen LogP contribution in [0.2, 0.25) is 0 Å². The second kappa shape index (κ2) is 6.27. The third kappa shape index (κ3) is 4.23. The number of aromatic hydroxyl groups is 1. The molecule has 20 heavy (non-hydrogen) atoms. The third-order valence-electron chi connectivity index (χ3n) is 3.89. The molecular weight excluding hydrogens is 252 g/mol. The zero-order valence-electron chi connectivity index (χ0n) is 13.1. The standard InChI is InChI=1S/C16H26N2O2/c1-11(16(2,3)4)18(5)15(20)14(17)10-12-6-8-13(19)9-7-12/h6-9,11,14,19H,10,17H2,1-5H3/t11?,14-/m0/s1. The highest BCUT2D eigenvalue weighted by Gasteiger charge is 2.29. The van der Waals surface area contributed by atoms with Crippen LogP contribution in [-0.2, 0) is 11.2 Å². The van der Waals surface area contributed by atoms with Crippen molar-refractivity contribution in [2.24, 2.45) is 11.1 Å². The van der Waals surface area contributed by atoms with E-state index in [0.717, 1.165) is 5.56 Å². The highest BCUT2D eigenvalue weighted by molar-refractivity contribution is 5.82. The Morgan fingerprint density at radius 3 is 2.25 bits per heavy atom. The first kappa shape index (κ1) is 16.5. The number of hydrogen-bond donors (Lipinski definition) is 2. The molecule has 0 saturated carbocycles. The number of carbonyl (C=O) groups excluding carboxylic acids is 1. The normalized spacial score (nSPS) is 14.7. The van der Waals surface area contributed by atoms with E-state index in [0.29, 0.717) is 6.42 Å². The Labute approximate surface area is 121 Å². The summed E-state index contributed by atoms with van der Waals surface area (Å²) in [5.41, 5.74) is 6.98. The molecule has 0 aliphatic rings. The van der Waals surface area contributed by atoms with E-state index in [9.17, 15) is 9.90 Å². The average Bonchev–Trinajstić information content (AvgIpc) is 2.37. The minimum atomic E-state index is -0.561. The summed E-state index contributed by atoms with van der Waals surface area (Å²) in [6, 6.07) is 6.34. The van der Waals surface area contributed by atoms with Gasteiger partial charge in [-0.1, -0.05) is 32.9 Å². The SMILES string of the molecule is CC(N(C)C(=O)[C@@H](N)Cc1ccc(O)cc1)C(C)(C)C. The van der Waals surface area contributed by atoms with Crippen LogP contribution in [0.3, 0.4) is 0 Å². The van der Waals surface area contributed by atoms with E-state index in [1.165, 1.54) is 0 Å². The van der Waals surface area contributed by atoms with Gasteiger partial charge in [0.15, 0.2) is 0 Å². The molecule has 112 valence electrons. The van der Waals surface area contributed by atoms with Crippen molar-refractivity contribution in [1.29, 1.82) is 0 Å². The summed E-state index contributed by atoms with van der Waals surface area (Å²) in [6.07, 6.45) is 0.473. The average molecular weight is 278 g/mol. The van der Waals surface area contributed by atoms with E-state index in [1.807, 2.05) is 6.92 Å². The fraction of sp³-hybridized carbons (Fsp3) is 0.562. The number of nitrogens with two attached hydrogens (primary N) is 1. The number of phenolic OH excluding ortho intramolecular Hbond substituents is 1. The summed E-state index contributed by atoms with van der Waals surface area (Å²) in [5, 5.41) is 9.24. The first-order valence-electron chi connectivity index (χ1n) is 6.93. The van der Waals surface area contributed by atoms with Gasteiger partial charge in [-0.05, 0) is 36.5 Å². The maximum atomic E-state index is 12.4. The van der Waals surface area contributed by atoms with Gasteiger partial charge in [0.25, 0.3) is 0 Å². The molecule has 1 amide bonds. The predicted octanol–water partition coefficient (Wildman–Crippen LogP) is 2.15. The Bertz CT molecular complexity index is 449. The topological polar surface area (TPSA) is 66.6 Å². The molecule has 0 bridgehead atoms. The highest BCUT2D eigenvalue weighted by Crippen LogP contribution is 2.23. The summed E-state index contributed by atoms with van der Waals surface area (Å²) in [4.78, 5) is 14.1. The van der Waals surface area contributed by atoms with Crippen molar-refractivity contribution in [1.82, 2.24) is 4.90 Å². The molecule has 0 aliphatic carbocycles. The molecule has 1 rings (SSSR count). The fourth-order valence-corrected chi connectivity index (χ4v) is 2.01. The molecule has 0 aliphatic heterocycles. The Morgan fingerprint density at radius 2 is 1.80 bits per heavy atom. The lowest BCUT2D eigenvalue weighted by atomic mass is 9.87. The van der Waals surface area contributed by atoms with E-state index in [-0.39, 0.29) is 23.1 Å². The summed E-state index contributed by atoms with van der Waals surface area (Å²) >= 11 is 0. The van der Waals surface area contributed by atoms with Crippen LogP contribution in [0, 0.1) is 5.41 Å². The van der Waals surface area contributed by atoms with Gasteiger partial charge in [0.05, 0.1) is 6.04 Å². The molecule has 0 heterocycles. The van der Waals surface area contributed by atoms with Crippen LogP contribution < -0.4 is 5.73 Å². The largest absolute Gasteiger partial charge is 0.508 e. The number of carbonyl (C=O) groups is 1. The molecule has 4 nitrogen and oxygen atoms in total. The number of phenols is 1. The van der Waals surface area contributed by atoms with Gasteiger partial charge in [-0.15, -0.1) is 0 Å². The number of rotatable bonds is 4. The molecular formula is C16H26N2O2. The lowest BCUT2D eigenvalue weighted by Gasteiger charge is -2.36. The summed E-state index contributed by atoms with van der Waals surface area (Å²) in [5.74, 6) is 0.160. The van der Waals surface area contributed by atoms with Crippen LogP contribution in [0.25, 0.3) is 0 Å². The first-order chi connectivity index (χ1) is 9.12. The van der Waals surface area contributed by atoms with Gasteiger partial charge < -0.3 is 15.7 Å². The van der Waals surface area contributed by atoms with Crippen molar-refractivity contribution in [3.8, 4) is 5.75 Å². The number of amides is 1. The van der Waals surface area contributed by atoms with E-state index in [1.54, 1.807) is 36.2 Å². The molecule has 2 atom stereocenters. The zero-order chi connectivity index (χ0) is 15.5. The Hall–Kier alpha value is -1.55. The number of benzene rings is 1. The predicted molar refractivity (Wildman–Crippen MR) is 81.5 cm³/mol. The van der Waals surface area contributed by atoms with Crippen LogP contribution in [-0.4, -0.2) is 35.0 Å². The van der Waals surface area contributed by atoms with Gasteiger partial charge in [0.2, 0.25) is 5.91 Å². The van der Waals surface area contributed by atoms with E-state index < -0.39 is 6.04 Å². The van der Waals surface area contributed by atoms with Gasteiger partial charge in [-0.3, -0.25) is 4.79 Å². The van der Waals surface area contributed by atoms with Gasteiger partial charge in [-0.25, -0.2) is 0 Å². The maximum Gasteiger partial charge on any atom is 0.239 e. The molecule has 4 heteroatoms. The quantitative estimate of drug-likeness (QED) is 0.887. The van der Waals surface area contributed by atoms with Crippen molar-refractivity contribution in [3.63, 3.8) is 0 Å². The third-order valence-corrected chi connectivity index (χ3v) is 3.89. The van der Waals surface area contributed by atoms with E-state index in [4.69, 9.17) is 5.73 Å². The summed E-state index contributed by atoms with van der Waals surface area (Å²) in [6.45, 7) is 8.35. The molecule has 0 fully saturated rings. The Kier molecular flexibility index (Phi) is 5.17. The second-order valence-electron chi connectivity index (χ2n) is 6.47. The van der Waals surface area contributed by atoms with Crippen LogP contribution in [0.15, 0.2) is 24.3 Å². The molecule has 0 aromatic heterocycles. The highest BCUT2D eigenvalue weighted by atomic mass is 16.3. The second-order valence-corrected chi connectivity index (χ2v) is 6.47. The van der Waals surface area contributed by atoms with Crippen LogP contribution in [0.5, 0.6) is 5.75 Å².